The molecule has 0 heterocycles. The molecule has 126 valence electrons. The first-order chi connectivity index (χ1) is 12.1. The molecule has 0 unspecified atom stereocenters. The Morgan fingerprint density at radius 1 is 0.960 bits per heavy atom. The number of benzene rings is 3. The molecule has 0 radical (unpaired) electrons. The molecule has 3 rings (SSSR count). The van der Waals surface area contributed by atoms with Crippen molar-refractivity contribution in [3.05, 3.63) is 78.4 Å². The van der Waals surface area contributed by atoms with Crippen LogP contribution in [0.5, 0.6) is 5.75 Å². The number of amides is 1. The number of carbonyl (C=O) groups excluding carboxylic acids is 1. The van der Waals surface area contributed by atoms with Crippen LogP contribution < -0.4 is 10.1 Å². The molecule has 1 N–H and O–H groups in total. The third-order valence-corrected chi connectivity index (χ3v) is 3.73. The number of nitrogens with one attached hydrogen (secondary N) is 1. The second-order valence-corrected chi connectivity index (χ2v) is 6.08. The molecular weight excluding hydrogens is 310 g/mol. The van der Waals surface area contributed by atoms with E-state index in [9.17, 15) is 4.79 Å². The molecule has 0 aliphatic heterocycles. The molecule has 0 fully saturated rings. The first-order valence-electron chi connectivity index (χ1n) is 8.35. The van der Waals surface area contributed by atoms with Gasteiger partial charge in [-0.3, -0.25) is 4.79 Å². The van der Waals surface area contributed by atoms with Crippen molar-refractivity contribution >= 4 is 28.4 Å². The summed E-state index contributed by atoms with van der Waals surface area (Å²) in [7, 11) is 0. The summed E-state index contributed by atoms with van der Waals surface area (Å²) >= 11 is 0. The Kier molecular flexibility index (Phi) is 5.14. The lowest BCUT2D eigenvalue weighted by atomic mass is 10.0. The van der Waals surface area contributed by atoms with Gasteiger partial charge in [0.1, 0.15) is 5.75 Å². The summed E-state index contributed by atoms with van der Waals surface area (Å²) in [5.41, 5.74) is 1.76. The molecule has 3 nitrogen and oxygen atoms in total. The quantitative estimate of drug-likeness (QED) is 0.646. The van der Waals surface area contributed by atoms with Gasteiger partial charge in [-0.2, -0.15) is 0 Å². The first kappa shape index (κ1) is 16.8. The van der Waals surface area contributed by atoms with E-state index < -0.39 is 0 Å². The molecule has 1 amide bonds. The summed E-state index contributed by atoms with van der Waals surface area (Å²) in [5.74, 6) is 0.629. The van der Waals surface area contributed by atoms with E-state index in [2.05, 4.69) is 23.5 Å². The van der Waals surface area contributed by atoms with Crippen LogP contribution in [0.2, 0.25) is 0 Å². The van der Waals surface area contributed by atoms with Crippen LogP contribution in [0.25, 0.3) is 16.8 Å². The highest BCUT2D eigenvalue weighted by atomic mass is 16.5. The summed E-state index contributed by atoms with van der Waals surface area (Å²) in [5, 5.41) is 5.15. The highest BCUT2D eigenvalue weighted by Gasteiger charge is 2.02. The van der Waals surface area contributed by atoms with E-state index in [1.54, 1.807) is 6.08 Å². The van der Waals surface area contributed by atoms with E-state index in [1.165, 1.54) is 0 Å². The lowest BCUT2D eigenvalue weighted by molar-refractivity contribution is -0.111. The molecule has 0 aliphatic carbocycles. The average Bonchev–Trinajstić information content (AvgIpc) is 2.61. The van der Waals surface area contributed by atoms with E-state index in [4.69, 9.17) is 4.74 Å². The van der Waals surface area contributed by atoms with Crippen LogP contribution in [0.4, 0.5) is 5.69 Å². The lowest BCUT2D eigenvalue weighted by Gasteiger charge is -2.10. The van der Waals surface area contributed by atoms with Crippen LogP contribution in [0.15, 0.2) is 72.8 Å². The molecular formula is C22H21NO2. The van der Waals surface area contributed by atoms with Crippen LogP contribution in [0, 0.1) is 0 Å². The summed E-state index contributed by atoms with van der Waals surface area (Å²) < 4.78 is 5.59. The van der Waals surface area contributed by atoms with Crippen molar-refractivity contribution < 1.29 is 9.53 Å². The fourth-order valence-electron chi connectivity index (χ4n) is 2.63. The van der Waals surface area contributed by atoms with Gasteiger partial charge in [0.15, 0.2) is 0 Å². The van der Waals surface area contributed by atoms with Crippen LogP contribution in [-0.2, 0) is 4.79 Å². The van der Waals surface area contributed by atoms with Crippen molar-refractivity contribution in [1.29, 1.82) is 0 Å². The molecule has 0 bridgehead atoms. The van der Waals surface area contributed by atoms with E-state index in [0.717, 1.165) is 27.8 Å². The van der Waals surface area contributed by atoms with Gasteiger partial charge in [0.05, 0.1) is 6.10 Å². The molecule has 0 aromatic heterocycles. The molecule has 0 saturated heterocycles. The van der Waals surface area contributed by atoms with Gasteiger partial charge in [-0.05, 0) is 60.5 Å². The molecule has 3 aromatic rings. The zero-order chi connectivity index (χ0) is 17.6. The van der Waals surface area contributed by atoms with Crippen LogP contribution in [-0.4, -0.2) is 12.0 Å². The number of rotatable bonds is 5. The average molecular weight is 331 g/mol. The van der Waals surface area contributed by atoms with Gasteiger partial charge in [-0.25, -0.2) is 0 Å². The number of anilines is 1. The number of carbonyl (C=O) groups is 1. The first-order valence-corrected chi connectivity index (χ1v) is 8.35. The topological polar surface area (TPSA) is 38.3 Å². The second-order valence-electron chi connectivity index (χ2n) is 6.08. The van der Waals surface area contributed by atoms with Crippen LogP contribution in [0.3, 0.4) is 0 Å². The van der Waals surface area contributed by atoms with Crippen molar-refractivity contribution in [3.8, 4) is 5.75 Å². The van der Waals surface area contributed by atoms with E-state index in [-0.39, 0.29) is 12.0 Å². The van der Waals surface area contributed by atoms with E-state index in [1.807, 2.05) is 68.5 Å². The lowest BCUT2D eigenvalue weighted by Crippen LogP contribution is -2.08. The molecule has 3 aromatic carbocycles. The normalized spacial score (nSPS) is 11.2. The van der Waals surface area contributed by atoms with Gasteiger partial charge in [0.2, 0.25) is 5.91 Å². The summed E-state index contributed by atoms with van der Waals surface area (Å²) in [6, 6.07) is 21.6. The Bertz CT molecular complexity index is 890. The minimum absolute atomic E-state index is 0.129. The predicted octanol–water partition coefficient (Wildman–Crippen LogP) is 5.28. The number of hydrogen-bond acceptors (Lipinski definition) is 2. The third-order valence-electron chi connectivity index (χ3n) is 3.73. The molecule has 25 heavy (non-hydrogen) atoms. The Hall–Kier alpha value is -3.07. The highest BCUT2D eigenvalue weighted by Crippen LogP contribution is 2.20. The van der Waals surface area contributed by atoms with Crippen LogP contribution in [0.1, 0.15) is 19.4 Å². The summed E-state index contributed by atoms with van der Waals surface area (Å²) in [6.45, 7) is 3.96. The number of hydrogen-bond donors (Lipinski definition) is 1. The number of fused-ring (bicyclic) bond motifs is 1. The largest absolute Gasteiger partial charge is 0.491 e. The maximum Gasteiger partial charge on any atom is 0.248 e. The maximum atomic E-state index is 12.2. The zero-order valence-corrected chi connectivity index (χ0v) is 14.4. The van der Waals surface area contributed by atoms with Crippen LogP contribution >= 0.6 is 0 Å². The fraction of sp³-hybridized carbons (Fsp3) is 0.136. The smallest absolute Gasteiger partial charge is 0.248 e. The van der Waals surface area contributed by atoms with Gasteiger partial charge >= 0.3 is 0 Å². The molecule has 0 spiro atoms. The van der Waals surface area contributed by atoms with Crippen molar-refractivity contribution in [2.75, 3.05) is 5.32 Å². The van der Waals surface area contributed by atoms with E-state index >= 15 is 0 Å². The molecule has 0 atom stereocenters. The Labute approximate surface area is 147 Å². The van der Waals surface area contributed by atoms with Crippen molar-refractivity contribution in [3.63, 3.8) is 0 Å². The highest BCUT2D eigenvalue weighted by molar-refractivity contribution is 6.03. The van der Waals surface area contributed by atoms with Gasteiger partial charge in [-0.1, -0.05) is 42.5 Å². The Morgan fingerprint density at radius 3 is 2.44 bits per heavy atom. The molecule has 0 aliphatic rings. The molecule has 0 saturated carbocycles. The van der Waals surface area contributed by atoms with Crippen molar-refractivity contribution in [1.82, 2.24) is 0 Å². The number of ether oxygens (including phenoxy) is 1. The SMILES string of the molecule is CC(C)Oc1ccc(NC(=O)/C=C/c2cccc3ccccc23)cc1. The second kappa shape index (κ2) is 7.67. The standard InChI is InChI=1S/C22H21NO2/c1-16(2)25-20-13-11-19(12-14-20)23-22(24)15-10-18-8-5-7-17-6-3-4-9-21(17)18/h3-16H,1-2H3,(H,23,24)/b15-10+. The van der Waals surface area contributed by atoms with Gasteiger partial charge in [-0.15, -0.1) is 0 Å². The Morgan fingerprint density at radius 2 is 1.68 bits per heavy atom. The minimum atomic E-state index is -0.162. The van der Waals surface area contributed by atoms with Gasteiger partial charge in [0, 0.05) is 11.8 Å². The molecule has 3 heteroatoms. The van der Waals surface area contributed by atoms with Gasteiger partial charge in [0.25, 0.3) is 0 Å². The van der Waals surface area contributed by atoms with E-state index in [0.29, 0.717) is 0 Å². The minimum Gasteiger partial charge on any atom is -0.491 e. The zero-order valence-electron chi connectivity index (χ0n) is 14.4. The third kappa shape index (κ3) is 4.48. The van der Waals surface area contributed by atoms with Gasteiger partial charge < -0.3 is 10.1 Å². The fourth-order valence-corrected chi connectivity index (χ4v) is 2.63. The van der Waals surface area contributed by atoms with Crippen molar-refractivity contribution in [2.45, 2.75) is 20.0 Å². The Balaban J connectivity index is 1.68. The maximum absolute atomic E-state index is 12.2. The predicted molar refractivity (Wildman–Crippen MR) is 104 cm³/mol. The summed E-state index contributed by atoms with van der Waals surface area (Å²) in [6.07, 6.45) is 3.53. The summed E-state index contributed by atoms with van der Waals surface area (Å²) in [4.78, 5) is 12.2. The monoisotopic (exact) mass is 331 g/mol. The van der Waals surface area contributed by atoms with Crippen molar-refractivity contribution in [2.24, 2.45) is 0 Å².